The predicted octanol–water partition coefficient (Wildman–Crippen LogP) is 5.63. The molecular formula is C19H25ClN2O2. The van der Waals surface area contributed by atoms with Crippen LogP contribution in [0.4, 0.5) is 5.69 Å². The smallest absolute Gasteiger partial charge is 0.214 e. The van der Waals surface area contributed by atoms with Crippen LogP contribution in [0, 0.1) is 6.92 Å². The van der Waals surface area contributed by atoms with E-state index in [1.807, 2.05) is 31.2 Å². The van der Waals surface area contributed by atoms with E-state index in [9.17, 15) is 4.79 Å². The van der Waals surface area contributed by atoms with Crippen LogP contribution in [0.2, 0.25) is 5.02 Å². The summed E-state index contributed by atoms with van der Waals surface area (Å²) in [5.74, 6) is 0.628. The maximum absolute atomic E-state index is 11.6. The minimum Gasteiger partial charge on any atom is -0.359 e. The van der Waals surface area contributed by atoms with Crippen molar-refractivity contribution in [3.05, 3.63) is 35.0 Å². The highest BCUT2D eigenvalue weighted by molar-refractivity contribution is 6.33. The predicted molar refractivity (Wildman–Crippen MR) is 98.5 cm³/mol. The van der Waals surface area contributed by atoms with Gasteiger partial charge < -0.3 is 9.42 Å². The van der Waals surface area contributed by atoms with Crippen LogP contribution in [0.25, 0.3) is 11.3 Å². The average Bonchev–Trinajstić information content (AvgIpc) is 2.96. The topological polar surface area (TPSA) is 46.3 Å². The van der Waals surface area contributed by atoms with Gasteiger partial charge in [-0.05, 0) is 19.4 Å². The largest absolute Gasteiger partial charge is 0.359 e. The van der Waals surface area contributed by atoms with E-state index in [1.54, 1.807) is 4.90 Å². The van der Waals surface area contributed by atoms with Crippen molar-refractivity contribution in [2.75, 3.05) is 11.4 Å². The molecule has 0 radical (unpaired) electrons. The van der Waals surface area contributed by atoms with Gasteiger partial charge in [-0.3, -0.25) is 4.79 Å². The van der Waals surface area contributed by atoms with Crippen molar-refractivity contribution in [2.45, 2.75) is 52.4 Å². The summed E-state index contributed by atoms with van der Waals surface area (Å²) in [7, 11) is 0. The first-order valence-electron chi connectivity index (χ1n) is 8.62. The zero-order valence-corrected chi connectivity index (χ0v) is 15.2. The normalized spacial score (nSPS) is 10.8. The van der Waals surface area contributed by atoms with Crippen LogP contribution >= 0.6 is 11.6 Å². The maximum Gasteiger partial charge on any atom is 0.214 e. The van der Waals surface area contributed by atoms with Crippen LogP contribution in [0.15, 0.2) is 28.8 Å². The molecule has 4 nitrogen and oxygen atoms in total. The number of nitrogens with zero attached hydrogens (tertiary/aromatic N) is 2. The Morgan fingerprint density at radius 2 is 1.88 bits per heavy atom. The lowest BCUT2D eigenvalue weighted by Crippen LogP contribution is -2.23. The second-order valence-electron chi connectivity index (χ2n) is 5.98. The van der Waals surface area contributed by atoms with Crippen LogP contribution in [-0.2, 0) is 4.79 Å². The molecule has 5 heteroatoms. The first-order chi connectivity index (χ1) is 11.7. The molecule has 0 spiro atoms. The average molecular weight is 349 g/mol. The number of carbonyl (C=O) groups excluding carboxylic acids is 1. The van der Waals surface area contributed by atoms with E-state index in [0.717, 1.165) is 24.8 Å². The van der Waals surface area contributed by atoms with E-state index in [2.05, 4.69) is 12.1 Å². The van der Waals surface area contributed by atoms with Crippen LogP contribution in [0.5, 0.6) is 0 Å². The molecule has 0 N–H and O–H groups in total. The SMILES string of the molecule is CCCCCCCCN(C=O)c1c(-c2ccccc2Cl)noc1C. The minimum atomic E-state index is 0.595. The first kappa shape index (κ1) is 18.5. The molecule has 1 amide bonds. The van der Waals surface area contributed by atoms with Crippen molar-refractivity contribution in [3.63, 3.8) is 0 Å². The Morgan fingerprint density at radius 1 is 1.17 bits per heavy atom. The Balaban J connectivity index is 2.10. The van der Waals surface area contributed by atoms with E-state index >= 15 is 0 Å². The van der Waals surface area contributed by atoms with Crippen molar-refractivity contribution < 1.29 is 9.32 Å². The number of unbranched alkanes of at least 4 members (excludes halogenated alkanes) is 5. The molecule has 0 saturated heterocycles. The zero-order chi connectivity index (χ0) is 17.4. The molecule has 1 heterocycles. The molecule has 0 saturated carbocycles. The van der Waals surface area contributed by atoms with Crippen LogP contribution in [0.1, 0.15) is 51.2 Å². The fraction of sp³-hybridized carbons (Fsp3) is 0.474. The highest BCUT2D eigenvalue weighted by atomic mass is 35.5. The molecule has 0 aliphatic heterocycles. The van der Waals surface area contributed by atoms with E-state index in [-0.39, 0.29) is 0 Å². The number of rotatable bonds is 10. The van der Waals surface area contributed by atoms with Gasteiger partial charge in [0.1, 0.15) is 11.4 Å². The quantitative estimate of drug-likeness (QED) is 0.413. The summed E-state index contributed by atoms with van der Waals surface area (Å²) in [4.78, 5) is 13.3. The van der Waals surface area contributed by atoms with E-state index < -0.39 is 0 Å². The maximum atomic E-state index is 11.6. The van der Waals surface area contributed by atoms with Crippen molar-refractivity contribution in [1.82, 2.24) is 5.16 Å². The lowest BCUT2D eigenvalue weighted by Gasteiger charge is -2.17. The standard InChI is InChI=1S/C19H25ClN2O2/c1-3-4-5-6-7-10-13-22(14-23)19-15(2)24-21-18(19)16-11-8-9-12-17(16)20/h8-9,11-12,14H,3-7,10,13H2,1-2H3. The summed E-state index contributed by atoms with van der Waals surface area (Å²) in [6, 6.07) is 7.46. The third kappa shape index (κ3) is 4.60. The van der Waals surface area contributed by atoms with Gasteiger partial charge in [0.15, 0.2) is 5.76 Å². The van der Waals surface area contributed by atoms with Gasteiger partial charge in [0.05, 0.1) is 5.02 Å². The van der Waals surface area contributed by atoms with Crippen LogP contribution in [0.3, 0.4) is 0 Å². The summed E-state index contributed by atoms with van der Waals surface area (Å²) >= 11 is 6.27. The molecule has 0 fully saturated rings. The van der Waals surface area contributed by atoms with E-state index in [1.165, 1.54) is 25.7 Å². The Hall–Kier alpha value is -1.81. The molecule has 24 heavy (non-hydrogen) atoms. The summed E-state index contributed by atoms with van der Waals surface area (Å²) in [6.45, 7) is 4.69. The summed E-state index contributed by atoms with van der Waals surface area (Å²) in [5.41, 5.74) is 2.11. The molecular weight excluding hydrogens is 324 g/mol. The van der Waals surface area contributed by atoms with E-state index in [4.69, 9.17) is 16.1 Å². The molecule has 0 unspecified atom stereocenters. The van der Waals surface area contributed by atoms with Gasteiger partial charge >= 0.3 is 0 Å². The third-order valence-corrected chi connectivity index (χ3v) is 4.46. The summed E-state index contributed by atoms with van der Waals surface area (Å²) in [6.07, 6.45) is 7.92. The van der Waals surface area contributed by atoms with Gasteiger partial charge in [-0.1, -0.05) is 74.0 Å². The molecule has 1 aromatic heterocycles. The number of anilines is 1. The highest BCUT2D eigenvalue weighted by Crippen LogP contribution is 2.36. The molecule has 1 aromatic carbocycles. The molecule has 0 aliphatic rings. The minimum absolute atomic E-state index is 0.595. The molecule has 2 rings (SSSR count). The Bertz CT molecular complexity index is 655. The Labute approximate surface area is 148 Å². The third-order valence-electron chi connectivity index (χ3n) is 4.13. The van der Waals surface area contributed by atoms with Gasteiger partial charge in [0.2, 0.25) is 6.41 Å². The van der Waals surface area contributed by atoms with Crippen molar-refractivity contribution >= 4 is 23.7 Å². The zero-order valence-electron chi connectivity index (χ0n) is 14.4. The second kappa shape index (κ2) is 9.48. The Kier molecular flexibility index (Phi) is 7.32. The summed E-state index contributed by atoms with van der Waals surface area (Å²) < 4.78 is 5.34. The first-order valence-corrected chi connectivity index (χ1v) is 9.00. The fourth-order valence-electron chi connectivity index (χ4n) is 2.82. The van der Waals surface area contributed by atoms with Crippen molar-refractivity contribution in [3.8, 4) is 11.3 Å². The van der Waals surface area contributed by atoms with Gasteiger partial charge in [-0.25, -0.2) is 0 Å². The number of halogens is 1. The number of aromatic nitrogens is 1. The summed E-state index contributed by atoms with van der Waals surface area (Å²) in [5, 5.41) is 4.72. The molecule has 2 aromatic rings. The number of hydrogen-bond acceptors (Lipinski definition) is 3. The number of benzene rings is 1. The molecule has 0 bridgehead atoms. The lowest BCUT2D eigenvalue weighted by molar-refractivity contribution is -0.107. The Morgan fingerprint density at radius 3 is 2.58 bits per heavy atom. The molecule has 0 atom stereocenters. The van der Waals surface area contributed by atoms with Crippen LogP contribution in [-0.4, -0.2) is 18.1 Å². The van der Waals surface area contributed by atoms with Crippen molar-refractivity contribution in [1.29, 1.82) is 0 Å². The number of aryl methyl sites for hydroxylation is 1. The highest BCUT2D eigenvalue weighted by Gasteiger charge is 2.21. The fourth-order valence-corrected chi connectivity index (χ4v) is 3.04. The monoisotopic (exact) mass is 348 g/mol. The van der Waals surface area contributed by atoms with Crippen LogP contribution < -0.4 is 4.90 Å². The van der Waals surface area contributed by atoms with Gasteiger partial charge in [-0.2, -0.15) is 0 Å². The van der Waals surface area contributed by atoms with Gasteiger partial charge in [0.25, 0.3) is 0 Å². The van der Waals surface area contributed by atoms with Gasteiger partial charge in [0, 0.05) is 12.1 Å². The molecule has 0 aliphatic carbocycles. The lowest BCUT2D eigenvalue weighted by atomic mass is 10.1. The molecule has 130 valence electrons. The second-order valence-corrected chi connectivity index (χ2v) is 6.39. The number of hydrogen-bond donors (Lipinski definition) is 0. The number of amides is 1. The van der Waals surface area contributed by atoms with E-state index in [0.29, 0.717) is 28.7 Å². The van der Waals surface area contributed by atoms with Crippen molar-refractivity contribution in [2.24, 2.45) is 0 Å². The number of carbonyl (C=O) groups is 1. The van der Waals surface area contributed by atoms with Gasteiger partial charge in [-0.15, -0.1) is 0 Å².